The molecule has 8 heteroatoms. The zero-order valence-electron chi connectivity index (χ0n) is 14.3. The van der Waals surface area contributed by atoms with Crippen molar-refractivity contribution in [1.82, 2.24) is 9.97 Å². The van der Waals surface area contributed by atoms with Crippen LogP contribution in [0, 0.1) is 0 Å². The van der Waals surface area contributed by atoms with Crippen LogP contribution in [0.15, 0.2) is 30.7 Å². The second-order valence-corrected chi connectivity index (χ2v) is 5.59. The van der Waals surface area contributed by atoms with Crippen molar-refractivity contribution in [2.24, 2.45) is 5.73 Å². The van der Waals surface area contributed by atoms with Gasteiger partial charge in [0.2, 0.25) is 11.8 Å². The van der Waals surface area contributed by atoms with Gasteiger partial charge in [-0.15, -0.1) is 0 Å². The first-order valence-corrected chi connectivity index (χ1v) is 8.05. The molecule has 25 heavy (non-hydrogen) atoms. The number of hydrogen-bond acceptors (Lipinski definition) is 5. The average molecular weight is 345 g/mol. The summed E-state index contributed by atoms with van der Waals surface area (Å²) in [5.74, 6) is 0.0583. The lowest BCUT2D eigenvalue weighted by Crippen LogP contribution is -2.37. The number of carbonyl (C=O) groups excluding carboxylic acids is 2. The summed E-state index contributed by atoms with van der Waals surface area (Å²) in [7, 11) is 1.50. The lowest BCUT2D eigenvalue weighted by atomic mass is 10.1. The van der Waals surface area contributed by atoms with Crippen LogP contribution in [0.1, 0.15) is 25.5 Å². The molecule has 8 nitrogen and oxygen atoms in total. The summed E-state index contributed by atoms with van der Waals surface area (Å²) in [6, 6.07) is 4.30. The summed E-state index contributed by atoms with van der Waals surface area (Å²) in [5, 5.41) is 5.53. The number of ether oxygens (including phenoxy) is 1. The molecule has 0 saturated carbocycles. The van der Waals surface area contributed by atoms with Crippen LogP contribution in [0.4, 0.5) is 11.4 Å². The van der Waals surface area contributed by atoms with E-state index in [9.17, 15) is 9.59 Å². The van der Waals surface area contributed by atoms with E-state index in [4.69, 9.17) is 10.5 Å². The standard InChI is InChI=1S/C17H23N5O3/c1-3-4-16(23)22-14-6-5-11(8-15(14)25-2)21-17(24)13(18)7-12-9-19-10-20-12/h5-6,8-10,13H,3-4,7,18H2,1-2H3,(H,19,20)(H,21,24)(H,22,23)/t13-/m0/s1. The van der Waals surface area contributed by atoms with Crippen molar-refractivity contribution in [1.29, 1.82) is 0 Å². The Morgan fingerprint density at radius 1 is 1.36 bits per heavy atom. The molecule has 0 unspecified atom stereocenters. The number of hydrogen-bond donors (Lipinski definition) is 4. The Labute approximate surface area is 146 Å². The minimum absolute atomic E-state index is 0.0841. The molecule has 0 aliphatic heterocycles. The molecule has 0 radical (unpaired) electrons. The van der Waals surface area contributed by atoms with Gasteiger partial charge in [-0.05, 0) is 18.6 Å². The van der Waals surface area contributed by atoms with Gasteiger partial charge in [-0.25, -0.2) is 4.98 Å². The minimum Gasteiger partial charge on any atom is -0.494 e. The number of nitrogens with two attached hydrogens (primary N) is 1. The van der Waals surface area contributed by atoms with Gasteiger partial charge in [-0.1, -0.05) is 6.92 Å². The highest BCUT2D eigenvalue weighted by Gasteiger charge is 2.16. The molecule has 1 aromatic heterocycles. The van der Waals surface area contributed by atoms with Crippen LogP contribution in [0.3, 0.4) is 0 Å². The van der Waals surface area contributed by atoms with E-state index in [-0.39, 0.29) is 11.8 Å². The lowest BCUT2D eigenvalue weighted by molar-refractivity contribution is -0.117. The van der Waals surface area contributed by atoms with Crippen LogP contribution < -0.4 is 21.1 Å². The molecular formula is C17H23N5O3. The number of nitrogens with zero attached hydrogens (tertiary/aromatic N) is 1. The van der Waals surface area contributed by atoms with Crippen molar-refractivity contribution in [2.45, 2.75) is 32.2 Å². The summed E-state index contributed by atoms with van der Waals surface area (Å²) in [6.07, 6.45) is 4.72. The monoisotopic (exact) mass is 345 g/mol. The summed E-state index contributed by atoms with van der Waals surface area (Å²) < 4.78 is 5.28. The van der Waals surface area contributed by atoms with Crippen LogP contribution in [-0.2, 0) is 16.0 Å². The van der Waals surface area contributed by atoms with Crippen LogP contribution in [0.5, 0.6) is 5.75 Å². The Hall–Kier alpha value is -2.87. The molecular weight excluding hydrogens is 322 g/mol. The fraction of sp³-hybridized carbons (Fsp3) is 0.353. The maximum Gasteiger partial charge on any atom is 0.241 e. The highest BCUT2D eigenvalue weighted by molar-refractivity contribution is 5.96. The molecule has 0 aliphatic rings. The highest BCUT2D eigenvalue weighted by Crippen LogP contribution is 2.28. The van der Waals surface area contributed by atoms with Crippen molar-refractivity contribution in [3.63, 3.8) is 0 Å². The van der Waals surface area contributed by atoms with Crippen molar-refractivity contribution in [3.8, 4) is 5.75 Å². The first-order chi connectivity index (χ1) is 12.0. The van der Waals surface area contributed by atoms with Crippen LogP contribution in [0.25, 0.3) is 0 Å². The number of aromatic nitrogens is 2. The first kappa shape index (κ1) is 18.5. The summed E-state index contributed by atoms with van der Waals surface area (Å²) in [4.78, 5) is 30.7. The van der Waals surface area contributed by atoms with Crippen LogP contribution >= 0.6 is 0 Å². The van der Waals surface area contributed by atoms with Crippen molar-refractivity contribution >= 4 is 23.2 Å². The molecule has 0 fully saturated rings. The molecule has 0 bridgehead atoms. The molecule has 0 spiro atoms. The second kappa shape index (κ2) is 8.84. The predicted molar refractivity (Wildman–Crippen MR) is 95.4 cm³/mol. The molecule has 2 rings (SSSR count). The van der Waals surface area contributed by atoms with Gasteiger partial charge in [-0.2, -0.15) is 0 Å². The Morgan fingerprint density at radius 2 is 2.16 bits per heavy atom. The number of carbonyl (C=O) groups is 2. The molecule has 134 valence electrons. The van der Waals surface area contributed by atoms with Crippen LogP contribution in [0.2, 0.25) is 0 Å². The quantitative estimate of drug-likeness (QED) is 0.579. The van der Waals surface area contributed by atoms with Crippen molar-refractivity contribution in [2.75, 3.05) is 17.7 Å². The summed E-state index contributed by atoms with van der Waals surface area (Å²) in [6.45, 7) is 1.93. The predicted octanol–water partition coefficient (Wildman–Crippen LogP) is 1.67. The normalized spacial score (nSPS) is 11.6. The number of H-pyrrole nitrogens is 1. The maximum atomic E-state index is 12.2. The van der Waals surface area contributed by atoms with Gasteiger partial charge >= 0.3 is 0 Å². The maximum absolute atomic E-state index is 12.2. The summed E-state index contributed by atoms with van der Waals surface area (Å²) >= 11 is 0. The Morgan fingerprint density at radius 3 is 2.80 bits per heavy atom. The van der Waals surface area contributed by atoms with Gasteiger partial charge in [0.15, 0.2) is 0 Å². The zero-order chi connectivity index (χ0) is 18.2. The van der Waals surface area contributed by atoms with Crippen molar-refractivity contribution < 1.29 is 14.3 Å². The molecule has 1 heterocycles. The number of nitrogens with one attached hydrogen (secondary N) is 3. The third-order valence-corrected chi connectivity index (χ3v) is 3.55. The molecule has 1 atom stereocenters. The SMILES string of the molecule is CCCC(=O)Nc1ccc(NC(=O)[C@@H](N)Cc2cnc[nH]2)cc1OC. The fourth-order valence-electron chi connectivity index (χ4n) is 2.27. The summed E-state index contributed by atoms with van der Waals surface area (Å²) in [5.41, 5.74) is 7.79. The highest BCUT2D eigenvalue weighted by atomic mass is 16.5. The Balaban J connectivity index is 2.01. The Kier molecular flexibility index (Phi) is 6.53. The number of amides is 2. The van der Waals surface area contributed by atoms with E-state index >= 15 is 0 Å². The molecule has 0 saturated heterocycles. The minimum atomic E-state index is -0.713. The van der Waals surface area contributed by atoms with E-state index in [0.29, 0.717) is 30.0 Å². The fourth-order valence-corrected chi connectivity index (χ4v) is 2.27. The number of methoxy groups -OCH3 is 1. The largest absolute Gasteiger partial charge is 0.494 e. The third kappa shape index (κ3) is 5.32. The Bertz CT molecular complexity index is 715. The third-order valence-electron chi connectivity index (χ3n) is 3.55. The number of rotatable bonds is 8. The van der Waals surface area contributed by atoms with Crippen LogP contribution in [-0.4, -0.2) is 34.9 Å². The molecule has 5 N–H and O–H groups in total. The van der Waals surface area contributed by atoms with E-state index < -0.39 is 6.04 Å². The zero-order valence-corrected chi connectivity index (χ0v) is 14.3. The van der Waals surface area contributed by atoms with E-state index in [1.54, 1.807) is 24.4 Å². The second-order valence-electron chi connectivity index (χ2n) is 5.59. The molecule has 2 aromatic rings. The topological polar surface area (TPSA) is 122 Å². The van der Waals surface area contributed by atoms with Gasteiger partial charge in [0.05, 0.1) is 25.2 Å². The number of aromatic amines is 1. The van der Waals surface area contributed by atoms with Gasteiger partial charge in [-0.3, -0.25) is 9.59 Å². The number of benzene rings is 1. The average Bonchev–Trinajstić information content (AvgIpc) is 3.09. The molecule has 1 aromatic carbocycles. The number of anilines is 2. The molecule has 0 aliphatic carbocycles. The van der Waals surface area contributed by atoms with E-state index in [1.807, 2.05) is 6.92 Å². The smallest absolute Gasteiger partial charge is 0.241 e. The first-order valence-electron chi connectivity index (χ1n) is 8.05. The van der Waals surface area contributed by atoms with Gasteiger partial charge in [0, 0.05) is 36.5 Å². The number of imidazole rings is 1. The van der Waals surface area contributed by atoms with E-state index in [0.717, 1.165) is 12.1 Å². The molecule has 2 amide bonds. The van der Waals surface area contributed by atoms with Gasteiger partial charge < -0.3 is 26.1 Å². The van der Waals surface area contributed by atoms with Crippen molar-refractivity contribution in [3.05, 3.63) is 36.4 Å². The van der Waals surface area contributed by atoms with Gasteiger partial charge in [0.25, 0.3) is 0 Å². The lowest BCUT2D eigenvalue weighted by Gasteiger charge is -2.14. The van der Waals surface area contributed by atoms with E-state index in [1.165, 1.54) is 13.4 Å². The van der Waals surface area contributed by atoms with Gasteiger partial charge in [0.1, 0.15) is 5.75 Å². The van der Waals surface area contributed by atoms with E-state index in [2.05, 4.69) is 20.6 Å².